The van der Waals surface area contributed by atoms with Gasteiger partial charge in [0.05, 0.1) is 11.0 Å². The Bertz CT molecular complexity index is 1130. The number of nitrogens with one attached hydrogen (secondary N) is 3. The fourth-order valence-corrected chi connectivity index (χ4v) is 3.06. The number of aryl methyl sites for hydroxylation is 1. The van der Waals surface area contributed by atoms with Crippen LogP contribution in [-0.4, -0.2) is 9.97 Å². The van der Waals surface area contributed by atoms with Gasteiger partial charge in [-0.2, -0.15) is 0 Å². The fraction of sp³-hybridized carbons (Fsp3) is 0.136. The first-order valence-electron chi connectivity index (χ1n) is 8.89. The SMILES string of the molecule is Cc1cccc(COc2cccc(CNc3ccc4[nH]c(=O)[nH]c4c3)c2)c1. The molecule has 0 spiro atoms. The monoisotopic (exact) mass is 359 g/mol. The summed E-state index contributed by atoms with van der Waals surface area (Å²) in [5, 5.41) is 3.38. The lowest BCUT2D eigenvalue weighted by atomic mass is 10.1. The standard InChI is InChI=1S/C22H21N3O2/c1-15-4-2-6-17(10-15)14-27-19-7-3-5-16(11-19)13-23-18-8-9-20-21(12-18)25-22(26)24-20/h2-12,23H,13-14H2,1H3,(H2,24,25,26). The molecule has 3 N–H and O–H groups in total. The Morgan fingerprint density at radius 1 is 0.889 bits per heavy atom. The lowest BCUT2D eigenvalue weighted by Crippen LogP contribution is -2.01. The predicted molar refractivity (Wildman–Crippen MR) is 108 cm³/mol. The molecule has 4 aromatic rings. The highest BCUT2D eigenvalue weighted by Gasteiger charge is 2.02. The second-order valence-electron chi connectivity index (χ2n) is 6.62. The van der Waals surface area contributed by atoms with Crippen LogP contribution in [0, 0.1) is 6.92 Å². The number of aromatic nitrogens is 2. The van der Waals surface area contributed by atoms with E-state index in [1.54, 1.807) is 0 Å². The molecule has 5 heteroatoms. The van der Waals surface area contributed by atoms with Gasteiger partial charge in [0, 0.05) is 12.2 Å². The van der Waals surface area contributed by atoms with Gasteiger partial charge in [0.2, 0.25) is 0 Å². The molecule has 0 atom stereocenters. The van der Waals surface area contributed by atoms with Crippen LogP contribution >= 0.6 is 0 Å². The second-order valence-corrected chi connectivity index (χ2v) is 6.62. The van der Waals surface area contributed by atoms with Crippen LogP contribution in [-0.2, 0) is 13.2 Å². The van der Waals surface area contributed by atoms with Gasteiger partial charge in [-0.25, -0.2) is 4.79 Å². The lowest BCUT2D eigenvalue weighted by molar-refractivity contribution is 0.306. The molecule has 0 aliphatic rings. The minimum Gasteiger partial charge on any atom is -0.489 e. The van der Waals surface area contributed by atoms with Crippen molar-refractivity contribution in [1.82, 2.24) is 9.97 Å². The van der Waals surface area contributed by atoms with Gasteiger partial charge in [-0.15, -0.1) is 0 Å². The van der Waals surface area contributed by atoms with Crippen molar-refractivity contribution in [3.8, 4) is 5.75 Å². The van der Waals surface area contributed by atoms with Crippen molar-refractivity contribution < 1.29 is 4.74 Å². The van der Waals surface area contributed by atoms with E-state index in [1.807, 2.05) is 42.5 Å². The van der Waals surface area contributed by atoms with Gasteiger partial charge in [-0.05, 0) is 48.4 Å². The van der Waals surface area contributed by atoms with E-state index in [1.165, 1.54) is 5.56 Å². The van der Waals surface area contributed by atoms with Crippen molar-refractivity contribution >= 4 is 16.7 Å². The van der Waals surface area contributed by atoms with Gasteiger partial charge in [0.25, 0.3) is 0 Å². The third kappa shape index (κ3) is 4.20. The highest BCUT2D eigenvalue weighted by Crippen LogP contribution is 2.19. The molecule has 136 valence electrons. The van der Waals surface area contributed by atoms with E-state index in [2.05, 4.69) is 46.5 Å². The van der Waals surface area contributed by atoms with E-state index in [9.17, 15) is 4.79 Å². The van der Waals surface area contributed by atoms with Gasteiger partial charge in [-0.1, -0.05) is 42.0 Å². The number of hydrogen-bond donors (Lipinski definition) is 3. The molecule has 0 aliphatic carbocycles. The molecule has 0 aliphatic heterocycles. The van der Waals surface area contributed by atoms with Crippen molar-refractivity contribution in [2.75, 3.05) is 5.32 Å². The number of rotatable bonds is 6. The van der Waals surface area contributed by atoms with E-state index < -0.39 is 0 Å². The van der Waals surface area contributed by atoms with Crippen LogP contribution in [0.4, 0.5) is 5.69 Å². The largest absolute Gasteiger partial charge is 0.489 e. The van der Waals surface area contributed by atoms with Crippen LogP contribution in [0.25, 0.3) is 11.0 Å². The molecule has 0 saturated carbocycles. The molecule has 3 aromatic carbocycles. The number of hydrogen-bond acceptors (Lipinski definition) is 3. The molecule has 4 rings (SSSR count). The zero-order valence-electron chi connectivity index (χ0n) is 15.1. The minimum absolute atomic E-state index is 0.194. The number of aromatic amines is 2. The lowest BCUT2D eigenvalue weighted by Gasteiger charge is -2.10. The summed E-state index contributed by atoms with van der Waals surface area (Å²) in [5.74, 6) is 0.848. The van der Waals surface area contributed by atoms with Crippen molar-refractivity contribution in [3.05, 3.63) is 93.9 Å². The summed E-state index contributed by atoms with van der Waals surface area (Å²) in [7, 11) is 0. The molecule has 0 bridgehead atoms. The summed E-state index contributed by atoms with van der Waals surface area (Å²) >= 11 is 0. The average Bonchev–Trinajstić information content (AvgIpc) is 3.04. The molecule has 0 unspecified atom stereocenters. The van der Waals surface area contributed by atoms with Gasteiger partial charge in [-0.3, -0.25) is 0 Å². The van der Waals surface area contributed by atoms with E-state index in [-0.39, 0.29) is 5.69 Å². The van der Waals surface area contributed by atoms with Gasteiger partial charge in [0.1, 0.15) is 12.4 Å². The van der Waals surface area contributed by atoms with Crippen LogP contribution in [0.15, 0.2) is 71.5 Å². The highest BCUT2D eigenvalue weighted by molar-refractivity contribution is 5.78. The molecule has 0 saturated heterocycles. The van der Waals surface area contributed by atoms with E-state index in [0.29, 0.717) is 13.2 Å². The van der Waals surface area contributed by atoms with E-state index in [0.717, 1.165) is 33.6 Å². The smallest absolute Gasteiger partial charge is 0.323 e. The second kappa shape index (κ2) is 7.41. The third-order valence-electron chi connectivity index (χ3n) is 4.40. The zero-order chi connectivity index (χ0) is 18.6. The van der Waals surface area contributed by atoms with Crippen LogP contribution < -0.4 is 15.7 Å². The first-order valence-corrected chi connectivity index (χ1v) is 8.89. The Hall–Kier alpha value is -3.47. The molecule has 27 heavy (non-hydrogen) atoms. The van der Waals surface area contributed by atoms with Gasteiger partial charge >= 0.3 is 5.69 Å². The number of H-pyrrole nitrogens is 2. The van der Waals surface area contributed by atoms with Crippen molar-refractivity contribution in [2.45, 2.75) is 20.1 Å². The maximum Gasteiger partial charge on any atom is 0.323 e. The number of benzene rings is 3. The predicted octanol–water partition coefficient (Wildman–Crippen LogP) is 4.36. The normalized spacial score (nSPS) is 10.9. The van der Waals surface area contributed by atoms with Crippen molar-refractivity contribution in [3.63, 3.8) is 0 Å². The molecule has 0 radical (unpaired) electrons. The summed E-state index contributed by atoms with van der Waals surface area (Å²) in [4.78, 5) is 16.9. The topological polar surface area (TPSA) is 69.9 Å². The van der Waals surface area contributed by atoms with Crippen molar-refractivity contribution in [2.24, 2.45) is 0 Å². The quantitative estimate of drug-likeness (QED) is 0.479. The maximum absolute atomic E-state index is 11.4. The number of imidazole rings is 1. The Morgan fingerprint density at radius 2 is 1.70 bits per heavy atom. The molecular weight excluding hydrogens is 338 g/mol. The van der Waals surface area contributed by atoms with Gasteiger partial charge in [0.15, 0.2) is 0 Å². The summed E-state index contributed by atoms with van der Waals surface area (Å²) in [6.07, 6.45) is 0. The van der Waals surface area contributed by atoms with E-state index in [4.69, 9.17) is 4.74 Å². The number of anilines is 1. The first-order chi connectivity index (χ1) is 13.2. The Labute approximate surface area is 157 Å². The Morgan fingerprint density at radius 3 is 2.59 bits per heavy atom. The summed E-state index contributed by atoms with van der Waals surface area (Å²) < 4.78 is 5.93. The minimum atomic E-state index is -0.194. The molecular formula is C22H21N3O2. The van der Waals surface area contributed by atoms with Crippen LogP contribution in [0.1, 0.15) is 16.7 Å². The third-order valence-corrected chi connectivity index (χ3v) is 4.40. The van der Waals surface area contributed by atoms with Crippen LogP contribution in [0.5, 0.6) is 5.75 Å². The molecule has 5 nitrogen and oxygen atoms in total. The van der Waals surface area contributed by atoms with Crippen LogP contribution in [0.3, 0.4) is 0 Å². The molecule has 1 heterocycles. The summed E-state index contributed by atoms with van der Waals surface area (Å²) in [5.41, 5.74) is 5.86. The van der Waals surface area contributed by atoms with Crippen LogP contribution in [0.2, 0.25) is 0 Å². The molecule has 1 aromatic heterocycles. The molecule has 0 fully saturated rings. The zero-order valence-corrected chi connectivity index (χ0v) is 15.1. The summed E-state index contributed by atoms with van der Waals surface area (Å²) in [6, 6.07) is 22.1. The fourth-order valence-electron chi connectivity index (χ4n) is 3.06. The Balaban J connectivity index is 1.40. The number of ether oxygens (including phenoxy) is 1. The highest BCUT2D eigenvalue weighted by atomic mass is 16.5. The van der Waals surface area contributed by atoms with Crippen molar-refractivity contribution in [1.29, 1.82) is 0 Å². The summed E-state index contributed by atoms with van der Waals surface area (Å²) in [6.45, 7) is 3.30. The van der Waals surface area contributed by atoms with E-state index >= 15 is 0 Å². The Kier molecular flexibility index (Phi) is 4.66. The first kappa shape index (κ1) is 17.0. The average molecular weight is 359 g/mol. The number of fused-ring (bicyclic) bond motifs is 1. The molecule has 0 amide bonds. The maximum atomic E-state index is 11.4. The van der Waals surface area contributed by atoms with Gasteiger partial charge < -0.3 is 20.0 Å².